The van der Waals surface area contributed by atoms with Gasteiger partial charge in [0.2, 0.25) is 0 Å². The SMILES string of the molecule is COc1cccc(OC)c1CS(=O)(=O)c1ccc2c(c1)SC(=Cc1ccc(Cl)c([N+](=O)[O-])c1)CN2. The molecule has 0 radical (unpaired) electrons. The number of rotatable bonds is 7. The number of methoxy groups -OCH3 is 2. The van der Waals surface area contributed by atoms with Crippen LogP contribution in [-0.2, 0) is 15.6 Å². The van der Waals surface area contributed by atoms with E-state index in [0.29, 0.717) is 29.2 Å². The van der Waals surface area contributed by atoms with E-state index in [1.165, 1.54) is 38.1 Å². The van der Waals surface area contributed by atoms with Crippen molar-refractivity contribution >= 4 is 50.7 Å². The summed E-state index contributed by atoms with van der Waals surface area (Å²) < 4.78 is 37.3. The maximum atomic E-state index is 13.3. The minimum atomic E-state index is -3.72. The number of halogens is 1. The lowest BCUT2D eigenvalue weighted by atomic mass is 10.2. The van der Waals surface area contributed by atoms with E-state index in [4.69, 9.17) is 21.1 Å². The topological polar surface area (TPSA) is 108 Å². The number of thioether (sulfide) groups is 1. The number of nitrogens with one attached hydrogen (secondary N) is 1. The van der Waals surface area contributed by atoms with E-state index in [2.05, 4.69) is 5.32 Å². The van der Waals surface area contributed by atoms with E-state index in [9.17, 15) is 18.5 Å². The highest BCUT2D eigenvalue weighted by Gasteiger charge is 2.24. The molecule has 35 heavy (non-hydrogen) atoms. The minimum absolute atomic E-state index is 0.0680. The molecule has 8 nitrogen and oxygen atoms in total. The minimum Gasteiger partial charge on any atom is -0.496 e. The van der Waals surface area contributed by atoms with Crippen molar-refractivity contribution in [2.75, 3.05) is 26.1 Å². The van der Waals surface area contributed by atoms with Crippen LogP contribution >= 0.6 is 23.4 Å². The standard InChI is InChI=1S/C24H21ClN2O6S2/c1-32-22-4-3-5-23(33-2)18(22)14-35(30,31)17-7-9-20-24(12-17)34-16(13-26-20)10-15-6-8-19(25)21(11-15)27(28)29/h3-12,26H,13-14H2,1-2H3. The number of nitro groups is 1. The zero-order valence-corrected chi connectivity index (χ0v) is 21.2. The maximum Gasteiger partial charge on any atom is 0.288 e. The largest absolute Gasteiger partial charge is 0.496 e. The number of nitrogens with zero attached hydrogens (tertiary/aromatic N) is 1. The van der Waals surface area contributed by atoms with Gasteiger partial charge in [0.15, 0.2) is 9.84 Å². The molecule has 0 atom stereocenters. The Labute approximate surface area is 212 Å². The van der Waals surface area contributed by atoms with Gasteiger partial charge in [0.1, 0.15) is 16.5 Å². The van der Waals surface area contributed by atoms with E-state index >= 15 is 0 Å². The molecular weight excluding hydrogens is 512 g/mol. The Hall–Kier alpha value is -3.21. The van der Waals surface area contributed by atoms with Crippen LogP contribution in [0.3, 0.4) is 0 Å². The second-order valence-corrected chi connectivity index (χ2v) is 11.2. The molecule has 0 fully saturated rings. The van der Waals surface area contributed by atoms with E-state index < -0.39 is 14.8 Å². The van der Waals surface area contributed by atoms with Crippen molar-refractivity contribution in [2.45, 2.75) is 15.5 Å². The van der Waals surface area contributed by atoms with Gasteiger partial charge < -0.3 is 14.8 Å². The maximum absolute atomic E-state index is 13.3. The van der Waals surface area contributed by atoms with Gasteiger partial charge in [-0.05, 0) is 48.0 Å². The van der Waals surface area contributed by atoms with Crippen molar-refractivity contribution in [3.63, 3.8) is 0 Å². The second kappa shape index (κ2) is 10.2. The van der Waals surface area contributed by atoms with Crippen molar-refractivity contribution < 1.29 is 22.8 Å². The average Bonchev–Trinajstić information content (AvgIpc) is 2.84. The Morgan fingerprint density at radius 3 is 2.49 bits per heavy atom. The summed E-state index contributed by atoms with van der Waals surface area (Å²) in [7, 11) is -0.756. The van der Waals surface area contributed by atoms with Crippen LogP contribution in [0.2, 0.25) is 5.02 Å². The summed E-state index contributed by atoms with van der Waals surface area (Å²) in [6.07, 6.45) is 1.81. The summed E-state index contributed by atoms with van der Waals surface area (Å²) in [6, 6.07) is 14.6. The predicted octanol–water partition coefficient (Wildman–Crippen LogP) is 5.80. The summed E-state index contributed by atoms with van der Waals surface area (Å²) >= 11 is 7.31. The first kappa shape index (κ1) is 24.9. The third-order valence-corrected chi connectivity index (χ3v) is 8.41. The number of hydrogen-bond donors (Lipinski definition) is 1. The molecule has 0 unspecified atom stereocenters. The molecule has 1 heterocycles. The van der Waals surface area contributed by atoms with Crippen molar-refractivity contribution in [2.24, 2.45) is 0 Å². The lowest BCUT2D eigenvalue weighted by Crippen LogP contribution is -2.11. The van der Waals surface area contributed by atoms with Crippen LogP contribution in [0.1, 0.15) is 11.1 Å². The fourth-order valence-electron chi connectivity index (χ4n) is 3.66. The molecule has 0 bridgehead atoms. The molecule has 3 aromatic rings. The van der Waals surface area contributed by atoms with Crippen molar-refractivity contribution in [3.05, 3.63) is 85.8 Å². The number of nitro benzene ring substituents is 1. The van der Waals surface area contributed by atoms with Crippen LogP contribution in [0.25, 0.3) is 6.08 Å². The zero-order valence-electron chi connectivity index (χ0n) is 18.8. The quantitative estimate of drug-likeness (QED) is 0.300. The fourth-order valence-corrected chi connectivity index (χ4v) is 6.38. The number of hydrogen-bond acceptors (Lipinski definition) is 8. The normalized spacial score (nSPS) is 14.2. The summed E-state index contributed by atoms with van der Waals surface area (Å²) in [6.45, 7) is 0.499. The molecule has 0 amide bonds. The first-order valence-electron chi connectivity index (χ1n) is 10.3. The molecule has 0 aromatic heterocycles. The van der Waals surface area contributed by atoms with Crippen molar-refractivity contribution in [1.29, 1.82) is 0 Å². The van der Waals surface area contributed by atoms with Gasteiger partial charge in [0.25, 0.3) is 5.69 Å². The number of sulfone groups is 1. The Morgan fingerprint density at radius 2 is 1.83 bits per heavy atom. The summed E-state index contributed by atoms with van der Waals surface area (Å²) in [4.78, 5) is 12.4. The zero-order chi connectivity index (χ0) is 25.2. The van der Waals surface area contributed by atoms with Gasteiger partial charge in [-0.15, -0.1) is 0 Å². The number of anilines is 1. The summed E-state index contributed by atoms with van der Waals surface area (Å²) in [5, 5.41) is 14.5. The van der Waals surface area contributed by atoms with Crippen molar-refractivity contribution in [3.8, 4) is 11.5 Å². The third kappa shape index (κ3) is 5.39. The van der Waals surface area contributed by atoms with Gasteiger partial charge >= 0.3 is 0 Å². The highest BCUT2D eigenvalue weighted by molar-refractivity contribution is 8.03. The second-order valence-electron chi connectivity index (χ2n) is 7.59. The lowest BCUT2D eigenvalue weighted by Gasteiger charge is -2.21. The summed E-state index contributed by atoms with van der Waals surface area (Å²) in [5.74, 6) is 0.585. The van der Waals surface area contributed by atoms with Crippen LogP contribution in [0.15, 0.2) is 69.3 Å². The van der Waals surface area contributed by atoms with E-state index in [-0.39, 0.29) is 21.4 Å². The first-order valence-corrected chi connectivity index (χ1v) is 13.2. The van der Waals surface area contributed by atoms with Gasteiger partial charge in [-0.1, -0.05) is 35.5 Å². The Balaban J connectivity index is 1.63. The number of fused-ring (bicyclic) bond motifs is 1. The highest BCUT2D eigenvalue weighted by Crippen LogP contribution is 2.41. The Kier molecular flexibility index (Phi) is 7.25. The van der Waals surface area contributed by atoms with Gasteiger partial charge in [-0.2, -0.15) is 0 Å². The predicted molar refractivity (Wildman–Crippen MR) is 137 cm³/mol. The average molecular weight is 533 g/mol. The van der Waals surface area contributed by atoms with Crippen LogP contribution in [-0.4, -0.2) is 34.1 Å². The van der Waals surface area contributed by atoms with Gasteiger partial charge in [0.05, 0.1) is 35.4 Å². The fraction of sp³-hybridized carbons (Fsp3) is 0.167. The van der Waals surface area contributed by atoms with E-state index in [1.807, 2.05) is 6.08 Å². The third-order valence-electron chi connectivity index (χ3n) is 5.37. The molecule has 4 rings (SSSR count). The van der Waals surface area contributed by atoms with E-state index in [1.54, 1.807) is 42.5 Å². The van der Waals surface area contributed by atoms with Crippen LogP contribution in [0.4, 0.5) is 11.4 Å². The summed E-state index contributed by atoms with van der Waals surface area (Å²) in [5.41, 5.74) is 1.71. The van der Waals surface area contributed by atoms with Crippen LogP contribution in [0, 0.1) is 10.1 Å². The lowest BCUT2D eigenvalue weighted by molar-refractivity contribution is -0.384. The molecule has 1 aliphatic heterocycles. The molecule has 0 saturated heterocycles. The first-order chi connectivity index (χ1) is 16.7. The van der Waals surface area contributed by atoms with Crippen molar-refractivity contribution in [1.82, 2.24) is 0 Å². The molecule has 0 aliphatic carbocycles. The smallest absolute Gasteiger partial charge is 0.288 e. The van der Waals surface area contributed by atoms with Crippen LogP contribution < -0.4 is 14.8 Å². The molecule has 182 valence electrons. The highest BCUT2D eigenvalue weighted by atomic mass is 35.5. The number of ether oxygens (including phenoxy) is 2. The number of benzene rings is 3. The van der Waals surface area contributed by atoms with E-state index in [0.717, 1.165) is 15.5 Å². The van der Waals surface area contributed by atoms with Gasteiger partial charge in [-0.25, -0.2) is 8.42 Å². The van der Waals surface area contributed by atoms with Crippen LogP contribution in [0.5, 0.6) is 11.5 Å². The Bertz CT molecular complexity index is 1420. The molecule has 0 spiro atoms. The Morgan fingerprint density at radius 1 is 1.11 bits per heavy atom. The molecule has 1 N–H and O–H groups in total. The molecule has 1 aliphatic rings. The monoisotopic (exact) mass is 532 g/mol. The molecular formula is C24H21ClN2O6S2. The molecule has 0 saturated carbocycles. The molecule has 3 aromatic carbocycles. The van der Waals surface area contributed by atoms with Gasteiger partial charge in [0, 0.05) is 28.1 Å². The molecule has 11 heteroatoms. The van der Waals surface area contributed by atoms with Gasteiger partial charge in [-0.3, -0.25) is 10.1 Å².